The molecule has 0 amide bonds. The lowest BCUT2D eigenvalue weighted by atomic mass is 9.59. The Hall–Kier alpha value is -4.44. The number of benzene rings is 4. The summed E-state index contributed by atoms with van der Waals surface area (Å²) in [5.74, 6) is 1.01. The molecule has 0 saturated carbocycles. The standard InChI is InChI=1S/C49H41NS2/c1-3-13-32(14-4-1)34-25-28-47-42(30-34)49(39-18-8-11-21-45(39)51-47)40-19-9-12-22-46(40)52-48-31-35(23-26-41(48)49)33-24-27-44-38(29-33)37-17-7-10-20-43(37)50(44)36-15-5-2-6-16-36/h1-3,5-12,15-21,23-24,26-27,29-30,32,35,46H,4,13-14,22,25,28,31H2. The van der Waals surface area contributed by atoms with Crippen LogP contribution in [-0.2, 0) is 5.41 Å². The van der Waals surface area contributed by atoms with Crippen molar-refractivity contribution < 1.29 is 0 Å². The molecule has 1 aromatic heterocycles. The third kappa shape index (κ3) is 4.64. The second kappa shape index (κ2) is 12.3. The highest BCUT2D eigenvalue weighted by molar-refractivity contribution is 8.04. The van der Waals surface area contributed by atoms with Crippen LogP contribution < -0.4 is 0 Å². The van der Waals surface area contributed by atoms with Crippen molar-refractivity contribution >= 4 is 45.3 Å². The van der Waals surface area contributed by atoms with Gasteiger partial charge in [-0.3, -0.25) is 0 Å². The summed E-state index contributed by atoms with van der Waals surface area (Å²) in [6, 6.07) is 36.4. The van der Waals surface area contributed by atoms with E-state index in [-0.39, 0.29) is 5.41 Å². The van der Waals surface area contributed by atoms with Crippen LogP contribution in [0.5, 0.6) is 0 Å². The highest BCUT2D eigenvalue weighted by atomic mass is 32.2. The molecule has 254 valence electrons. The van der Waals surface area contributed by atoms with E-state index in [1.54, 1.807) is 26.5 Å². The van der Waals surface area contributed by atoms with Crippen LogP contribution in [0, 0.1) is 5.92 Å². The predicted molar refractivity (Wildman–Crippen MR) is 222 cm³/mol. The van der Waals surface area contributed by atoms with E-state index in [0.29, 0.717) is 17.1 Å². The zero-order valence-electron chi connectivity index (χ0n) is 29.3. The Labute approximate surface area is 315 Å². The zero-order valence-corrected chi connectivity index (χ0v) is 30.9. The van der Waals surface area contributed by atoms with Crippen molar-refractivity contribution in [2.24, 2.45) is 5.92 Å². The average molecular weight is 708 g/mol. The van der Waals surface area contributed by atoms with E-state index < -0.39 is 0 Å². The maximum absolute atomic E-state index is 2.72. The Morgan fingerprint density at radius 3 is 2.52 bits per heavy atom. The van der Waals surface area contributed by atoms with Crippen molar-refractivity contribution in [1.82, 2.24) is 4.57 Å². The molecule has 5 aromatic rings. The third-order valence-corrected chi connectivity index (χ3v) is 15.2. The predicted octanol–water partition coefficient (Wildman–Crippen LogP) is 13.5. The Balaban J connectivity index is 1.06. The van der Waals surface area contributed by atoms with Gasteiger partial charge in [0.25, 0.3) is 0 Å². The maximum atomic E-state index is 2.72. The Bertz CT molecular complexity index is 2520. The maximum Gasteiger partial charge on any atom is 0.0701 e. The molecule has 4 atom stereocenters. The minimum Gasteiger partial charge on any atom is -0.309 e. The summed E-state index contributed by atoms with van der Waals surface area (Å²) in [4.78, 5) is 4.63. The average Bonchev–Trinajstić information content (AvgIpc) is 3.55. The molecule has 52 heavy (non-hydrogen) atoms. The molecular formula is C49H41NS2. The van der Waals surface area contributed by atoms with Crippen LogP contribution >= 0.6 is 23.5 Å². The lowest BCUT2D eigenvalue weighted by Gasteiger charge is -2.52. The fourth-order valence-electron chi connectivity index (χ4n) is 10.2. The number of hydrogen-bond donors (Lipinski definition) is 0. The molecule has 4 unspecified atom stereocenters. The monoisotopic (exact) mass is 707 g/mol. The summed E-state index contributed by atoms with van der Waals surface area (Å²) in [5.41, 5.74) is 12.8. The van der Waals surface area contributed by atoms with Gasteiger partial charge >= 0.3 is 0 Å². The summed E-state index contributed by atoms with van der Waals surface area (Å²) in [5, 5.41) is 3.11. The minimum absolute atomic E-state index is 0.238. The number of fused-ring (bicyclic) bond motifs is 9. The quantitative estimate of drug-likeness (QED) is 0.172. The molecule has 2 aliphatic heterocycles. The summed E-state index contributed by atoms with van der Waals surface area (Å²) < 4.78 is 2.43. The second-order valence-corrected chi connectivity index (χ2v) is 17.7. The van der Waals surface area contributed by atoms with E-state index in [1.807, 2.05) is 0 Å². The Morgan fingerprint density at radius 2 is 1.60 bits per heavy atom. The van der Waals surface area contributed by atoms with E-state index in [9.17, 15) is 0 Å². The van der Waals surface area contributed by atoms with Crippen molar-refractivity contribution in [1.29, 1.82) is 0 Å². The largest absolute Gasteiger partial charge is 0.309 e. The smallest absolute Gasteiger partial charge is 0.0701 e. The normalized spacial score (nSPS) is 26.3. The molecule has 1 spiro atoms. The van der Waals surface area contributed by atoms with Crippen molar-refractivity contribution in [2.75, 3.05) is 0 Å². The van der Waals surface area contributed by atoms with Gasteiger partial charge in [0.2, 0.25) is 0 Å². The van der Waals surface area contributed by atoms with Gasteiger partial charge in [-0.05, 0) is 125 Å². The highest BCUT2D eigenvalue weighted by Crippen LogP contribution is 2.66. The molecule has 6 aliphatic rings. The van der Waals surface area contributed by atoms with Crippen LogP contribution in [0.4, 0.5) is 0 Å². The Kier molecular flexibility index (Phi) is 7.37. The molecule has 1 nitrogen and oxygen atoms in total. The number of rotatable bonds is 3. The van der Waals surface area contributed by atoms with Gasteiger partial charge in [-0.2, -0.15) is 0 Å². The van der Waals surface area contributed by atoms with Crippen LogP contribution in [0.25, 0.3) is 27.5 Å². The molecule has 4 aliphatic carbocycles. The van der Waals surface area contributed by atoms with Crippen LogP contribution in [0.1, 0.15) is 62.0 Å². The number of thioether (sulfide) groups is 2. The molecule has 4 aromatic carbocycles. The second-order valence-electron chi connectivity index (χ2n) is 15.2. The highest BCUT2D eigenvalue weighted by Gasteiger charge is 2.53. The van der Waals surface area contributed by atoms with Gasteiger partial charge in [-0.1, -0.05) is 127 Å². The topological polar surface area (TPSA) is 4.93 Å². The molecule has 0 N–H and O–H groups in total. The Morgan fingerprint density at radius 1 is 0.731 bits per heavy atom. The number of nitrogens with zero attached hydrogens (tertiary/aromatic N) is 1. The van der Waals surface area contributed by atoms with Gasteiger partial charge < -0.3 is 4.57 Å². The van der Waals surface area contributed by atoms with E-state index >= 15 is 0 Å². The van der Waals surface area contributed by atoms with Crippen molar-refractivity contribution in [3.63, 3.8) is 0 Å². The van der Waals surface area contributed by atoms with Crippen molar-refractivity contribution in [2.45, 2.75) is 66.4 Å². The third-order valence-electron chi connectivity index (χ3n) is 12.6. The molecule has 0 radical (unpaired) electrons. The fourth-order valence-corrected chi connectivity index (χ4v) is 13.0. The van der Waals surface area contributed by atoms with Crippen LogP contribution in [0.15, 0.2) is 183 Å². The van der Waals surface area contributed by atoms with Crippen molar-refractivity contribution in [3.8, 4) is 5.69 Å². The van der Waals surface area contributed by atoms with E-state index in [2.05, 4.69) is 174 Å². The number of hydrogen-bond acceptors (Lipinski definition) is 2. The van der Waals surface area contributed by atoms with Gasteiger partial charge in [0.1, 0.15) is 0 Å². The molecule has 3 heterocycles. The van der Waals surface area contributed by atoms with Crippen LogP contribution in [0.3, 0.4) is 0 Å². The summed E-state index contributed by atoms with van der Waals surface area (Å²) in [7, 11) is 0. The van der Waals surface area contributed by atoms with Crippen molar-refractivity contribution in [3.05, 3.63) is 189 Å². The number of para-hydroxylation sites is 2. The van der Waals surface area contributed by atoms with Crippen LogP contribution in [-0.4, -0.2) is 9.82 Å². The molecule has 0 bridgehead atoms. The minimum atomic E-state index is -0.238. The summed E-state index contributed by atoms with van der Waals surface area (Å²) in [6.07, 6.45) is 28.1. The summed E-state index contributed by atoms with van der Waals surface area (Å²) >= 11 is 4.22. The van der Waals surface area contributed by atoms with Crippen LogP contribution in [0.2, 0.25) is 0 Å². The van der Waals surface area contributed by atoms with E-state index in [4.69, 9.17) is 0 Å². The lowest BCUT2D eigenvalue weighted by molar-refractivity contribution is 0.525. The fraction of sp³-hybridized carbons (Fsp3) is 0.224. The van der Waals surface area contributed by atoms with Gasteiger partial charge in [0, 0.05) is 32.5 Å². The first-order chi connectivity index (χ1) is 25.8. The molecule has 0 saturated heterocycles. The van der Waals surface area contributed by atoms with Gasteiger partial charge in [0.05, 0.1) is 16.4 Å². The molecule has 3 heteroatoms. The van der Waals surface area contributed by atoms with Gasteiger partial charge in [-0.15, -0.1) is 11.8 Å². The first-order valence-corrected chi connectivity index (χ1v) is 20.9. The van der Waals surface area contributed by atoms with Gasteiger partial charge in [0.15, 0.2) is 0 Å². The number of allylic oxidation sites excluding steroid dienone is 13. The molecule has 11 rings (SSSR count). The van der Waals surface area contributed by atoms with E-state index in [0.717, 1.165) is 19.3 Å². The van der Waals surface area contributed by atoms with Gasteiger partial charge in [-0.25, -0.2) is 0 Å². The summed E-state index contributed by atoms with van der Waals surface area (Å²) in [6.45, 7) is 0. The number of aromatic nitrogens is 1. The molecule has 0 fully saturated rings. The van der Waals surface area contributed by atoms with E-state index in [1.165, 1.54) is 74.8 Å². The lowest BCUT2D eigenvalue weighted by Crippen LogP contribution is -2.43. The SMILES string of the molecule is C1=CCC2SC3=C(C=CC(c4ccc5c(c4)c4ccccc4n5-c4ccccc4)C3)C3(C2=C1)C1=C(CCC(C2CC=CCC2)=C1)Sc1ccccc13. The molecular weight excluding hydrogens is 667 g/mol. The zero-order chi connectivity index (χ0) is 34.2. The first kappa shape index (κ1) is 31.1. The first-order valence-electron chi connectivity index (χ1n) is 19.2.